The largest absolute Gasteiger partial charge is 0.469 e. The number of hydrogen-bond donors (Lipinski definition) is 0. The van der Waals surface area contributed by atoms with E-state index in [-0.39, 0.29) is 12.1 Å². The van der Waals surface area contributed by atoms with E-state index < -0.39 is 11.9 Å². The van der Waals surface area contributed by atoms with Gasteiger partial charge in [-0.25, -0.2) is 0 Å². The fourth-order valence-electron chi connectivity index (χ4n) is 3.29. The third-order valence-corrected chi connectivity index (χ3v) is 4.47. The van der Waals surface area contributed by atoms with Gasteiger partial charge in [-0.2, -0.15) is 13.2 Å². The fraction of sp³-hybridized carbons (Fsp3) is 0.438. The van der Waals surface area contributed by atoms with Crippen molar-refractivity contribution in [3.63, 3.8) is 0 Å². The molecule has 0 saturated carbocycles. The fourth-order valence-corrected chi connectivity index (χ4v) is 3.29. The van der Waals surface area contributed by atoms with Crippen molar-refractivity contribution in [1.82, 2.24) is 4.98 Å². The summed E-state index contributed by atoms with van der Waals surface area (Å²) in [6.07, 6.45) is -0.763. The molecule has 1 aliphatic rings. The summed E-state index contributed by atoms with van der Waals surface area (Å²) < 4.78 is 43.7. The van der Waals surface area contributed by atoms with Gasteiger partial charge in [0, 0.05) is 36.3 Å². The molecule has 0 amide bonds. The second-order valence-electron chi connectivity index (χ2n) is 5.73. The number of alkyl halides is 3. The van der Waals surface area contributed by atoms with Crippen LogP contribution in [0.2, 0.25) is 0 Å². The Hall–Kier alpha value is -1.98. The number of hydrogen-bond acceptors (Lipinski definition) is 3. The molecule has 0 radical (unpaired) electrons. The number of anilines is 1. The van der Waals surface area contributed by atoms with E-state index in [1.54, 1.807) is 12.3 Å². The van der Waals surface area contributed by atoms with Crippen LogP contribution in [0.15, 0.2) is 41.1 Å². The van der Waals surface area contributed by atoms with E-state index in [0.717, 1.165) is 18.2 Å². The van der Waals surface area contributed by atoms with Crippen molar-refractivity contribution in [2.75, 3.05) is 4.90 Å². The minimum absolute atomic E-state index is 0.156. The number of aromatic nitrogens is 1. The molecular formula is C16H17F3N2O. The molecule has 1 saturated heterocycles. The standard InChI is InChI=1S/C16H17F3N2O/c1-10-14(9-13-4-3-7-22-13)11(2)21(10)12-5-6-20-15(8-12)16(17,18)19/h3-8,10-11,14H,9H2,1-2H3. The number of rotatable bonds is 3. The molecule has 3 rings (SSSR count). The first-order valence-electron chi connectivity index (χ1n) is 7.22. The Morgan fingerprint density at radius 2 is 1.95 bits per heavy atom. The molecule has 3 heterocycles. The molecule has 0 spiro atoms. The van der Waals surface area contributed by atoms with Gasteiger partial charge in [-0.3, -0.25) is 4.98 Å². The average Bonchev–Trinajstić information content (AvgIpc) is 2.98. The van der Waals surface area contributed by atoms with E-state index in [0.29, 0.717) is 11.6 Å². The Morgan fingerprint density at radius 1 is 1.23 bits per heavy atom. The van der Waals surface area contributed by atoms with Crippen LogP contribution in [-0.4, -0.2) is 17.1 Å². The van der Waals surface area contributed by atoms with Crippen molar-refractivity contribution in [1.29, 1.82) is 0 Å². The third-order valence-electron chi connectivity index (χ3n) is 4.47. The van der Waals surface area contributed by atoms with Gasteiger partial charge in [-0.15, -0.1) is 0 Å². The quantitative estimate of drug-likeness (QED) is 0.853. The van der Waals surface area contributed by atoms with E-state index in [2.05, 4.69) is 4.98 Å². The summed E-state index contributed by atoms with van der Waals surface area (Å²) in [5.74, 6) is 1.27. The summed E-state index contributed by atoms with van der Waals surface area (Å²) in [7, 11) is 0. The van der Waals surface area contributed by atoms with Crippen LogP contribution in [0.25, 0.3) is 0 Å². The van der Waals surface area contributed by atoms with Gasteiger partial charge in [-0.05, 0) is 38.1 Å². The lowest BCUT2D eigenvalue weighted by atomic mass is 9.78. The third kappa shape index (κ3) is 2.58. The van der Waals surface area contributed by atoms with Crippen LogP contribution in [0.3, 0.4) is 0 Å². The molecule has 2 aromatic rings. The lowest BCUT2D eigenvalue weighted by Crippen LogP contribution is -2.62. The van der Waals surface area contributed by atoms with E-state index in [9.17, 15) is 13.2 Å². The topological polar surface area (TPSA) is 29.3 Å². The highest BCUT2D eigenvalue weighted by molar-refractivity contribution is 5.52. The number of halogens is 3. The Bertz CT molecular complexity index is 629. The van der Waals surface area contributed by atoms with Gasteiger partial charge < -0.3 is 9.32 Å². The summed E-state index contributed by atoms with van der Waals surface area (Å²) in [6, 6.07) is 6.84. The number of furan rings is 1. The lowest BCUT2D eigenvalue weighted by Gasteiger charge is -2.54. The number of pyridine rings is 1. The van der Waals surface area contributed by atoms with Crippen LogP contribution in [0.1, 0.15) is 25.3 Å². The Labute approximate surface area is 126 Å². The molecule has 0 aromatic carbocycles. The van der Waals surface area contributed by atoms with Gasteiger partial charge in [-0.1, -0.05) is 0 Å². The number of nitrogens with zero attached hydrogens (tertiary/aromatic N) is 2. The Morgan fingerprint density at radius 3 is 2.55 bits per heavy atom. The van der Waals surface area contributed by atoms with Gasteiger partial charge in [0.2, 0.25) is 0 Å². The van der Waals surface area contributed by atoms with Crippen LogP contribution < -0.4 is 4.90 Å². The van der Waals surface area contributed by atoms with E-state index >= 15 is 0 Å². The first-order chi connectivity index (χ1) is 10.4. The van der Waals surface area contributed by atoms with Gasteiger partial charge >= 0.3 is 6.18 Å². The van der Waals surface area contributed by atoms with E-state index in [4.69, 9.17) is 4.42 Å². The van der Waals surface area contributed by atoms with E-state index in [1.165, 1.54) is 6.20 Å². The lowest BCUT2D eigenvalue weighted by molar-refractivity contribution is -0.141. The van der Waals surface area contributed by atoms with Gasteiger partial charge in [0.1, 0.15) is 11.5 Å². The first kappa shape index (κ1) is 14.9. The van der Waals surface area contributed by atoms with Crippen LogP contribution in [0.4, 0.5) is 18.9 Å². The smallest absolute Gasteiger partial charge is 0.433 e. The van der Waals surface area contributed by atoms with E-state index in [1.807, 2.05) is 30.9 Å². The second-order valence-corrected chi connectivity index (χ2v) is 5.73. The SMILES string of the molecule is CC1C(Cc2ccco2)C(C)N1c1ccnc(C(F)(F)F)c1. The summed E-state index contributed by atoms with van der Waals surface area (Å²) >= 11 is 0. The highest BCUT2D eigenvalue weighted by Gasteiger charge is 2.44. The average molecular weight is 310 g/mol. The molecule has 22 heavy (non-hydrogen) atoms. The summed E-state index contributed by atoms with van der Waals surface area (Å²) in [6.45, 7) is 4.06. The molecule has 0 N–H and O–H groups in total. The molecule has 1 fully saturated rings. The van der Waals surface area contributed by atoms with Gasteiger partial charge in [0.15, 0.2) is 0 Å². The van der Waals surface area contributed by atoms with Crippen molar-refractivity contribution in [2.24, 2.45) is 5.92 Å². The molecule has 118 valence electrons. The predicted octanol–water partition coefficient (Wildman–Crippen LogP) is 4.15. The van der Waals surface area contributed by atoms with Crippen LogP contribution in [0, 0.1) is 5.92 Å². The zero-order valence-corrected chi connectivity index (χ0v) is 12.3. The first-order valence-corrected chi connectivity index (χ1v) is 7.22. The summed E-state index contributed by atoms with van der Waals surface area (Å²) in [5, 5.41) is 0. The monoisotopic (exact) mass is 310 g/mol. The van der Waals surface area contributed by atoms with Crippen molar-refractivity contribution in [3.8, 4) is 0 Å². The Balaban J connectivity index is 1.77. The zero-order valence-electron chi connectivity index (χ0n) is 12.3. The van der Waals surface area contributed by atoms with Gasteiger partial charge in [0.25, 0.3) is 0 Å². The zero-order chi connectivity index (χ0) is 15.9. The van der Waals surface area contributed by atoms with Crippen LogP contribution in [-0.2, 0) is 12.6 Å². The Kier molecular flexibility index (Phi) is 3.62. The maximum atomic E-state index is 12.8. The van der Waals surface area contributed by atoms with Crippen molar-refractivity contribution >= 4 is 5.69 Å². The highest BCUT2D eigenvalue weighted by atomic mass is 19.4. The maximum Gasteiger partial charge on any atom is 0.433 e. The van der Waals surface area contributed by atoms with Crippen molar-refractivity contribution in [3.05, 3.63) is 48.2 Å². The minimum atomic E-state index is -4.42. The van der Waals surface area contributed by atoms with Gasteiger partial charge in [0.05, 0.1) is 6.26 Å². The molecule has 2 unspecified atom stereocenters. The van der Waals surface area contributed by atoms with Crippen LogP contribution in [0.5, 0.6) is 0 Å². The maximum absolute atomic E-state index is 12.8. The summed E-state index contributed by atoms with van der Waals surface area (Å²) in [4.78, 5) is 5.42. The highest BCUT2D eigenvalue weighted by Crippen LogP contribution is 2.40. The van der Waals surface area contributed by atoms with Crippen LogP contribution >= 0.6 is 0 Å². The molecule has 3 nitrogen and oxygen atoms in total. The molecule has 2 aromatic heterocycles. The molecule has 6 heteroatoms. The molecule has 0 aliphatic carbocycles. The predicted molar refractivity (Wildman–Crippen MR) is 76.5 cm³/mol. The minimum Gasteiger partial charge on any atom is -0.469 e. The van der Waals surface area contributed by atoms with Crippen molar-refractivity contribution in [2.45, 2.75) is 38.5 Å². The molecular weight excluding hydrogens is 293 g/mol. The summed E-state index contributed by atoms with van der Waals surface area (Å²) in [5.41, 5.74) is -0.281. The molecule has 0 bridgehead atoms. The second kappa shape index (κ2) is 5.34. The molecule has 1 aliphatic heterocycles. The normalized spacial score (nSPS) is 25.1. The van der Waals surface area contributed by atoms with Crippen molar-refractivity contribution < 1.29 is 17.6 Å². The molecule has 2 atom stereocenters.